The Morgan fingerprint density at radius 2 is 0.741 bits per heavy atom. The van der Waals surface area contributed by atoms with Crippen molar-refractivity contribution in [2.75, 3.05) is 6.26 Å². The molecular formula is C15H20O9S3. The maximum atomic E-state index is 10.5. The predicted octanol–water partition coefficient (Wildman–Crippen LogP) is 1.99. The summed E-state index contributed by atoms with van der Waals surface area (Å²) in [5.41, 5.74) is 1.91. The highest BCUT2D eigenvalue weighted by Gasteiger charge is 2.07. The normalized spacial score (nSPS) is 11.5. The van der Waals surface area contributed by atoms with Gasteiger partial charge in [-0.1, -0.05) is 35.4 Å². The molecule has 0 atom stereocenters. The molecular weight excluding hydrogens is 420 g/mol. The van der Waals surface area contributed by atoms with E-state index in [1.165, 1.54) is 24.3 Å². The molecule has 0 unspecified atom stereocenters. The zero-order valence-corrected chi connectivity index (χ0v) is 17.1. The molecule has 0 bridgehead atoms. The third-order valence-corrected chi connectivity index (χ3v) is 4.37. The number of benzene rings is 2. The van der Waals surface area contributed by atoms with E-state index in [1.807, 2.05) is 13.8 Å². The quantitative estimate of drug-likeness (QED) is 0.592. The highest BCUT2D eigenvalue weighted by Crippen LogP contribution is 2.09. The molecule has 0 amide bonds. The molecule has 0 aliphatic heterocycles. The van der Waals surface area contributed by atoms with Crippen LogP contribution >= 0.6 is 0 Å². The van der Waals surface area contributed by atoms with Crippen molar-refractivity contribution in [1.29, 1.82) is 0 Å². The van der Waals surface area contributed by atoms with E-state index in [-0.39, 0.29) is 9.79 Å². The summed E-state index contributed by atoms with van der Waals surface area (Å²) in [4.78, 5) is -0.133. The molecule has 0 aliphatic rings. The van der Waals surface area contributed by atoms with Gasteiger partial charge < -0.3 is 0 Å². The van der Waals surface area contributed by atoms with Crippen molar-refractivity contribution in [1.82, 2.24) is 0 Å². The second-order valence-electron chi connectivity index (χ2n) is 5.31. The lowest BCUT2D eigenvalue weighted by atomic mass is 10.2. The van der Waals surface area contributed by atoms with Crippen molar-refractivity contribution >= 4 is 30.4 Å². The van der Waals surface area contributed by atoms with E-state index in [1.54, 1.807) is 24.3 Å². The largest absolute Gasteiger partial charge is 0.294 e. The van der Waals surface area contributed by atoms with Crippen molar-refractivity contribution in [3.05, 3.63) is 59.7 Å². The number of hydrogen-bond donors (Lipinski definition) is 3. The van der Waals surface area contributed by atoms with E-state index in [0.717, 1.165) is 11.1 Å². The number of hydrogen-bond acceptors (Lipinski definition) is 6. The Balaban J connectivity index is 0.000000405. The van der Waals surface area contributed by atoms with Gasteiger partial charge in [0.2, 0.25) is 0 Å². The van der Waals surface area contributed by atoms with Crippen LogP contribution in [0.3, 0.4) is 0 Å². The lowest BCUT2D eigenvalue weighted by Gasteiger charge is -1.95. The van der Waals surface area contributed by atoms with Crippen LogP contribution in [-0.4, -0.2) is 45.2 Å². The van der Waals surface area contributed by atoms with Crippen LogP contribution in [0.25, 0.3) is 0 Å². The van der Waals surface area contributed by atoms with E-state index in [9.17, 15) is 25.3 Å². The van der Waals surface area contributed by atoms with Gasteiger partial charge in [-0.3, -0.25) is 13.7 Å². The van der Waals surface area contributed by atoms with Gasteiger partial charge >= 0.3 is 0 Å². The molecule has 0 heterocycles. The highest BCUT2D eigenvalue weighted by molar-refractivity contribution is 7.86. The summed E-state index contributed by atoms with van der Waals surface area (Å²) >= 11 is 0. The van der Waals surface area contributed by atoms with Crippen LogP contribution in [0, 0.1) is 13.8 Å². The molecule has 9 nitrogen and oxygen atoms in total. The van der Waals surface area contributed by atoms with Gasteiger partial charge in [-0.05, 0) is 38.1 Å². The zero-order chi connectivity index (χ0) is 21.5. The van der Waals surface area contributed by atoms with E-state index < -0.39 is 30.4 Å². The van der Waals surface area contributed by atoms with Crippen LogP contribution in [-0.2, 0) is 30.4 Å². The minimum atomic E-state index is -4.02. The Hall–Kier alpha value is -1.83. The van der Waals surface area contributed by atoms with Crippen LogP contribution in [0.4, 0.5) is 0 Å². The van der Waals surface area contributed by atoms with Crippen LogP contribution in [0.15, 0.2) is 58.3 Å². The second-order valence-corrected chi connectivity index (χ2v) is 9.62. The SMILES string of the molecule is CS(=O)(=O)O.Cc1ccc(S(=O)(=O)O)cc1.Cc1ccc(S(=O)(=O)O)cc1. The third-order valence-electron chi connectivity index (χ3n) is 2.64. The molecule has 12 heteroatoms. The molecule has 0 spiro atoms. The number of aryl methyl sites for hydroxylation is 2. The van der Waals surface area contributed by atoms with Gasteiger partial charge in [-0.15, -0.1) is 0 Å². The lowest BCUT2D eigenvalue weighted by molar-refractivity contribution is 0.481. The van der Waals surface area contributed by atoms with E-state index in [0.29, 0.717) is 6.26 Å². The van der Waals surface area contributed by atoms with E-state index >= 15 is 0 Å². The van der Waals surface area contributed by atoms with Crippen molar-refractivity contribution < 1.29 is 38.9 Å². The first-order valence-electron chi connectivity index (χ1n) is 7.01. The van der Waals surface area contributed by atoms with Gasteiger partial charge in [0.25, 0.3) is 30.4 Å². The van der Waals surface area contributed by atoms with E-state index in [2.05, 4.69) is 0 Å². The Bertz CT molecular complexity index is 955. The first-order chi connectivity index (χ1) is 12.0. The fraction of sp³-hybridized carbons (Fsp3) is 0.200. The van der Waals surface area contributed by atoms with Crippen molar-refractivity contribution in [3.8, 4) is 0 Å². The van der Waals surface area contributed by atoms with Crippen LogP contribution in [0.5, 0.6) is 0 Å². The molecule has 2 aromatic rings. The molecule has 27 heavy (non-hydrogen) atoms. The molecule has 0 radical (unpaired) electrons. The minimum absolute atomic E-state index is 0.0666. The fourth-order valence-corrected chi connectivity index (χ4v) is 2.38. The highest BCUT2D eigenvalue weighted by atomic mass is 32.2. The number of rotatable bonds is 2. The van der Waals surface area contributed by atoms with Gasteiger partial charge in [0.1, 0.15) is 0 Å². The average molecular weight is 441 g/mol. The summed E-state index contributed by atoms with van der Waals surface area (Å²) in [5.74, 6) is 0. The molecule has 3 N–H and O–H groups in total. The van der Waals surface area contributed by atoms with Gasteiger partial charge in [0.15, 0.2) is 0 Å². The summed E-state index contributed by atoms with van der Waals surface area (Å²) in [5, 5.41) is 0. The van der Waals surface area contributed by atoms with Gasteiger partial charge in [-0.2, -0.15) is 25.3 Å². The Labute approximate surface area is 158 Å². The van der Waals surface area contributed by atoms with Crippen LogP contribution in [0.2, 0.25) is 0 Å². The van der Waals surface area contributed by atoms with Crippen LogP contribution < -0.4 is 0 Å². The summed E-state index contributed by atoms with van der Waals surface area (Å²) in [6, 6.07) is 12.0. The molecule has 2 rings (SSSR count). The molecule has 152 valence electrons. The van der Waals surface area contributed by atoms with Crippen molar-refractivity contribution in [3.63, 3.8) is 0 Å². The summed E-state index contributed by atoms with van der Waals surface area (Å²) in [6.07, 6.45) is 0.715. The monoisotopic (exact) mass is 440 g/mol. The molecule has 0 saturated heterocycles. The standard InChI is InChI=1S/2C7H8O3S.CH4O3S/c2*1-6-2-4-7(5-3-6)11(8,9)10;1-5(2,3)4/h2*2-5H,1H3,(H,8,9,10);1H3,(H,2,3,4). The smallest absolute Gasteiger partial charge is 0.286 e. The second kappa shape index (κ2) is 9.92. The molecule has 0 fully saturated rings. The minimum Gasteiger partial charge on any atom is -0.286 e. The van der Waals surface area contributed by atoms with E-state index in [4.69, 9.17) is 13.7 Å². The topological polar surface area (TPSA) is 163 Å². The third kappa shape index (κ3) is 13.1. The summed E-state index contributed by atoms with van der Waals surface area (Å²) in [6.45, 7) is 3.68. The lowest BCUT2D eigenvalue weighted by Crippen LogP contribution is -1.96. The van der Waals surface area contributed by atoms with Crippen molar-refractivity contribution in [2.45, 2.75) is 23.6 Å². The average Bonchev–Trinajstić information content (AvgIpc) is 2.45. The first-order valence-corrected chi connectivity index (χ1v) is 11.7. The zero-order valence-electron chi connectivity index (χ0n) is 14.6. The molecule has 0 aliphatic carbocycles. The molecule has 2 aromatic carbocycles. The maximum absolute atomic E-state index is 10.5. The Morgan fingerprint density at radius 1 is 0.556 bits per heavy atom. The van der Waals surface area contributed by atoms with Crippen molar-refractivity contribution in [2.24, 2.45) is 0 Å². The van der Waals surface area contributed by atoms with Gasteiger partial charge in [-0.25, -0.2) is 0 Å². The molecule has 0 aromatic heterocycles. The Kier molecular flexibility index (Phi) is 9.25. The predicted molar refractivity (Wildman–Crippen MR) is 99.5 cm³/mol. The fourth-order valence-electron chi connectivity index (χ4n) is 1.42. The first kappa shape index (κ1) is 25.2. The van der Waals surface area contributed by atoms with Gasteiger partial charge in [0.05, 0.1) is 16.0 Å². The van der Waals surface area contributed by atoms with Gasteiger partial charge in [0, 0.05) is 0 Å². The van der Waals surface area contributed by atoms with Crippen LogP contribution in [0.1, 0.15) is 11.1 Å². The summed E-state index contributed by atoms with van der Waals surface area (Å²) in [7, 11) is -11.7. The molecule has 0 saturated carbocycles. The summed E-state index contributed by atoms with van der Waals surface area (Å²) < 4.78 is 85.0. The Morgan fingerprint density at radius 3 is 0.889 bits per heavy atom. The maximum Gasteiger partial charge on any atom is 0.294 e.